The van der Waals surface area contributed by atoms with Gasteiger partial charge in [-0.05, 0) is 30.7 Å². The van der Waals surface area contributed by atoms with Crippen molar-refractivity contribution in [2.75, 3.05) is 13.1 Å². The Kier molecular flexibility index (Phi) is 4.96. The lowest BCUT2D eigenvalue weighted by molar-refractivity contribution is -0.131. The zero-order valence-electron chi connectivity index (χ0n) is 14.7. The first kappa shape index (κ1) is 18.1. The molecule has 142 valence electrons. The molecular weight excluding hydrogens is 384 g/mol. The molecule has 9 heteroatoms. The molecule has 2 N–H and O–H groups in total. The van der Waals surface area contributed by atoms with E-state index in [0.717, 1.165) is 36.3 Å². The number of aromatic nitrogens is 1. The largest absolute Gasteiger partial charge is 0.351 e. The molecule has 7 nitrogen and oxygen atoms in total. The van der Waals surface area contributed by atoms with Gasteiger partial charge in [0.2, 0.25) is 0 Å². The standard InChI is InChI=1S/C18H20N4O3S2/c23-14(13-11-27-15(20-13)12-4-9-26-10-12)19-7-3-8-22-16(24)18(21-17(22)25)5-1-2-6-18/h4,9-11H,1-3,5-8H2,(H,19,23)(H,21,25). The van der Waals surface area contributed by atoms with Crippen LogP contribution in [0.25, 0.3) is 10.6 Å². The quantitative estimate of drug-likeness (QED) is 0.572. The number of carbonyl (C=O) groups is 3. The summed E-state index contributed by atoms with van der Waals surface area (Å²) in [4.78, 5) is 42.5. The molecule has 0 radical (unpaired) electrons. The molecule has 4 rings (SSSR count). The highest BCUT2D eigenvalue weighted by atomic mass is 32.1. The van der Waals surface area contributed by atoms with Crippen LogP contribution < -0.4 is 10.6 Å². The van der Waals surface area contributed by atoms with Crippen LogP contribution in [-0.2, 0) is 4.79 Å². The highest BCUT2D eigenvalue weighted by Gasteiger charge is 2.51. The Morgan fingerprint density at radius 2 is 2.11 bits per heavy atom. The van der Waals surface area contributed by atoms with Gasteiger partial charge in [0.1, 0.15) is 16.2 Å². The number of nitrogens with zero attached hydrogens (tertiary/aromatic N) is 2. The lowest BCUT2D eigenvalue weighted by Crippen LogP contribution is -2.44. The minimum atomic E-state index is -0.668. The zero-order chi connectivity index (χ0) is 18.9. The van der Waals surface area contributed by atoms with E-state index in [9.17, 15) is 14.4 Å². The highest BCUT2D eigenvalue weighted by molar-refractivity contribution is 7.14. The first-order chi connectivity index (χ1) is 13.1. The molecule has 0 aromatic carbocycles. The summed E-state index contributed by atoms with van der Waals surface area (Å²) in [6.07, 6.45) is 3.90. The molecule has 2 aromatic rings. The highest BCUT2D eigenvalue weighted by Crippen LogP contribution is 2.35. The monoisotopic (exact) mass is 404 g/mol. The SMILES string of the molecule is O=C(NCCCN1C(=O)NC2(CCCC2)C1=O)c1csc(-c2ccsc2)n1. The van der Waals surface area contributed by atoms with Gasteiger partial charge in [-0.25, -0.2) is 9.78 Å². The van der Waals surface area contributed by atoms with Crippen molar-refractivity contribution >= 4 is 40.5 Å². The van der Waals surface area contributed by atoms with Crippen molar-refractivity contribution in [2.24, 2.45) is 0 Å². The molecule has 1 aliphatic carbocycles. The second-order valence-corrected chi connectivity index (χ2v) is 8.47. The number of carbonyl (C=O) groups excluding carboxylic acids is 3. The summed E-state index contributed by atoms with van der Waals surface area (Å²) in [5.41, 5.74) is 0.739. The number of imide groups is 1. The van der Waals surface area contributed by atoms with E-state index in [1.807, 2.05) is 16.8 Å². The molecule has 0 bridgehead atoms. The van der Waals surface area contributed by atoms with Gasteiger partial charge in [0.25, 0.3) is 11.8 Å². The number of thiazole rings is 1. The van der Waals surface area contributed by atoms with E-state index >= 15 is 0 Å². The van der Waals surface area contributed by atoms with Gasteiger partial charge in [0.05, 0.1) is 0 Å². The van der Waals surface area contributed by atoms with Gasteiger partial charge in [-0.3, -0.25) is 14.5 Å². The predicted molar refractivity (Wildman–Crippen MR) is 104 cm³/mol. The lowest BCUT2D eigenvalue weighted by atomic mass is 9.98. The summed E-state index contributed by atoms with van der Waals surface area (Å²) in [5.74, 6) is -0.353. The van der Waals surface area contributed by atoms with Crippen LogP contribution in [0.15, 0.2) is 22.2 Å². The molecule has 3 heterocycles. The van der Waals surface area contributed by atoms with Crippen LogP contribution in [0.5, 0.6) is 0 Å². The number of urea groups is 1. The van der Waals surface area contributed by atoms with Crippen LogP contribution in [-0.4, -0.2) is 46.4 Å². The van der Waals surface area contributed by atoms with Crippen molar-refractivity contribution in [1.29, 1.82) is 0 Å². The van der Waals surface area contributed by atoms with E-state index in [1.165, 1.54) is 16.2 Å². The van der Waals surface area contributed by atoms with Crippen LogP contribution in [0.2, 0.25) is 0 Å². The summed E-state index contributed by atoms with van der Waals surface area (Å²) in [5, 5.41) is 12.2. The first-order valence-corrected chi connectivity index (χ1v) is 10.8. The van der Waals surface area contributed by atoms with Gasteiger partial charge in [0.15, 0.2) is 0 Å². The van der Waals surface area contributed by atoms with Crippen molar-refractivity contribution in [3.63, 3.8) is 0 Å². The van der Waals surface area contributed by atoms with Crippen LogP contribution in [0, 0.1) is 0 Å². The summed E-state index contributed by atoms with van der Waals surface area (Å²) < 4.78 is 0. The average molecular weight is 405 g/mol. The zero-order valence-corrected chi connectivity index (χ0v) is 16.3. The average Bonchev–Trinajstić information content (AvgIpc) is 3.42. The summed E-state index contributed by atoms with van der Waals surface area (Å²) in [7, 11) is 0. The van der Waals surface area contributed by atoms with Crippen molar-refractivity contribution in [3.05, 3.63) is 27.9 Å². The Morgan fingerprint density at radius 1 is 1.30 bits per heavy atom. The molecule has 27 heavy (non-hydrogen) atoms. The van der Waals surface area contributed by atoms with Gasteiger partial charge in [-0.2, -0.15) is 11.3 Å². The third-order valence-corrected chi connectivity index (χ3v) is 6.63. The van der Waals surface area contributed by atoms with Gasteiger partial charge in [0, 0.05) is 29.4 Å². The Morgan fingerprint density at radius 3 is 2.85 bits per heavy atom. The molecular formula is C18H20N4O3S2. The van der Waals surface area contributed by atoms with E-state index in [4.69, 9.17) is 0 Å². The van der Waals surface area contributed by atoms with Gasteiger partial charge in [-0.1, -0.05) is 12.8 Å². The molecule has 2 aromatic heterocycles. The summed E-state index contributed by atoms with van der Waals surface area (Å²) >= 11 is 3.02. The summed E-state index contributed by atoms with van der Waals surface area (Å²) in [6.45, 7) is 0.693. The topological polar surface area (TPSA) is 91.4 Å². The van der Waals surface area contributed by atoms with E-state index in [1.54, 1.807) is 16.7 Å². The van der Waals surface area contributed by atoms with Crippen molar-refractivity contribution in [2.45, 2.75) is 37.6 Å². The molecule has 1 spiro atoms. The molecule has 2 fully saturated rings. The second-order valence-electron chi connectivity index (χ2n) is 6.84. The predicted octanol–water partition coefficient (Wildman–Crippen LogP) is 2.86. The van der Waals surface area contributed by atoms with E-state index in [0.29, 0.717) is 25.2 Å². The van der Waals surface area contributed by atoms with Gasteiger partial charge < -0.3 is 10.6 Å². The van der Waals surface area contributed by atoms with Gasteiger partial charge in [-0.15, -0.1) is 11.3 Å². The lowest BCUT2D eigenvalue weighted by Gasteiger charge is -2.20. The smallest absolute Gasteiger partial charge is 0.325 e. The van der Waals surface area contributed by atoms with E-state index < -0.39 is 5.54 Å². The van der Waals surface area contributed by atoms with E-state index in [-0.39, 0.29) is 17.8 Å². The Bertz CT molecular complexity index is 856. The fourth-order valence-electron chi connectivity index (χ4n) is 3.62. The molecule has 4 amide bonds. The molecule has 1 saturated carbocycles. The van der Waals surface area contributed by atoms with Crippen LogP contribution in [0.4, 0.5) is 4.79 Å². The number of rotatable bonds is 6. The third kappa shape index (κ3) is 3.49. The normalized spacial score (nSPS) is 18.3. The Labute approximate surface area is 164 Å². The number of nitrogens with one attached hydrogen (secondary N) is 2. The maximum absolute atomic E-state index is 12.6. The Balaban J connectivity index is 1.26. The van der Waals surface area contributed by atoms with Crippen molar-refractivity contribution < 1.29 is 14.4 Å². The molecule has 2 aliphatic rings. The maximum atomic E-state index is 12.6. The second kappa shape index (κ2) is 7.40. The van der Waals surface area contributed by atoms with Crippen molar-refractivity contribution in [1.82, 2.24) is 20.5 Å². The van der Waals surface area contributed by atoms with Gasteiger partial charge >= 0.3 is 6.03 Å². The first-order valence-electron chi connectivity index (χ1n) is 8.99. The minimum absolute atomic E-state index is 0.115. The van der Waals surface area contributed by atoms with Crippen molar-refractivity contribution in [3.8, 4) is 10.6 Å². The number of amides is 4. The van der Waals surface area contributed by atoms with Crippen LogP contribution in [0.3, 0.4) is 0 Å². The fourth-order valence-corrected chi connectivity index (χ4v) is 5.14. The summed E-state index contributed by atoms with van der Waals surface area (Å²) in [6, 6.07) is 1.66. The maximum Gasteiger partial charge on any atom is 0.325 e. The number of hydrogen-bond donors (Lipinski definition) is 2. The number of thiophene rings is 1. The molecule has 0 unspecified atom stereocenters. The molecule has 1 aliphatic heterocycles. The van der Waals surface area contributed by atoms with Crippen LogP contribution in [0.1, 0.15) is 42.6 Å². The minimum Gasteiger partial charge on any atom is -0.351 e. The Hall–Kier alpha value is -2.26. The molecule has 0 atom stereocenters. The van der Waals surface area contributed by atoms with Crippen LogP contribution >= 0.6 is 22.7 Å². The fraction of sp³-hybridized carbons (Fsp3) is 0.444. The molecule has 1 saturated heterocycles. The number of hydrogen-bond acceptors (Lipinski definition) is 6. The van der Waals surface area contributed by atoms with E-state index in [2.05, 4.69) is 15.6 Å². The third-order valence-electron chi connectivity index (χ3n) is 5.05.